The molecule has 0 radical (unpaired) electrons. The Kier molecular flexibility index (Phi) is 10.3. The molecule has 0 saturated carbocycles. The number of para-hydroxylation sites is 2. The van der Waals surface area contributed by atoms with Gasteiger partial charge in [-0.3, -0.25) is 14.9 Å². The van der Waals surface area contributed by atoms with Crippen LogP contribution in [0, 0.1) is 6.92 Å². The van der Waals surface area contributed by atoms with Crippen molar-refractivity contribution in [1.82, 2.24) is 10.6 Å². The second-order valence-electron chi connectivity index (χ2n) is 9.54. The summed E-state index contributed by atoms with van der Waals surface area (Å²) >= 11 is 0. The normalized spacial score (nSPS) is 11.8. The lowest BCUT2D eigenvalue weighted by atomic mass is 10.00. The number of hydrogen-bond donors (Lipinski definition) is 3. The van der Waals surface area contributed by atoms with Gasteiger partial charge in [0.1, 0.15) is 17.8 Å². The zero-order valence-corrected chi connectivity index (χ0v) is 23.6. The van der Waals surface area contributed by atoms with Crippen molar-refractivity contribution in [2.24, 2.45) is 0 Å². The number of carbonyl (C=O) groups is 2. The maximum absolute atomic E-state index is 13.9. The number of aliphatic carboxylic acids is 1. The number of rotatable bonds is 14. The van der Waals surface area contributed by atoms with Gasteiger partial charge in [-0.25, -0.2) is 4.57 Å². The number of carboxylic acids is 1. The number of carboxylic acid groups (broad SMARTS) is 1. The summed E-state index contributed by atoms with van der Waals surface area (Å²) in [5.41, 5.74) is 4.17. The molecular formula is C32H33N2O6P. The van der Waals surface area contributed by atoms with Crippen molar-refractivity contribution in [1.29, 1.82) is 0 Å². The summed E-state index contributed by atoms with van der Waals surface area (Å²) < 4.78 is 25.6. The van der Waals surface area contributed by atoms with Gasteiger partial charge in [-0.15, -0.1) is 0 Å². The second-order valence-corrected chi connectivity index (χ2v) is 11.4. The van der Waals surface area contributed by atoms with Crippen LogP contribution in [0.25, 0.3) is 11.1 Å². The molecule has 4 aromatic rings. The fourth-order valence-electron chi connectivity index (χ4n) is 4.08. The van der Waals surface area contributed by atoms with Crippen molar-refractivity contribution >= 4 is 19.5 Å². The Labute approximate surface area is 239 Å². The number of hydrogen-bond acceptors (Lipinski definition) is 6. The fourth-order valence-corrected chi connectivity index (χ4v) is 5.57. The van der Waals surface area contributed by atoms with E-state index < -0.39 is 25.5 Å². The maximum atomic E-state index is 13.9. The summed E-state index contributed by atoms with van der Waals surface area (Å²) in [6.07, 6.45) is -0.213. The van der Waals surface area contributed by atoms with Crippen molar-refractivity contribution in [3.8, 4) is 22.6 Å². The molecule has 8 nitrogen and oxygen atoms in total. The number of benzene rings is 4. The average Bonchev–Trinajstić information content (AvgIpc) is 2.97. The molecule has 9 heteroatoms. The molecule has 0 aliphatic rings. The Morgan fingerprint density at radius 2 is 1.29 bits per heavy atom. The Morgan fingerprint density at radius 1 is 0.780 bits per heavy atom. The highest BCUT2D eigenvalue weighted by Gasteiger charge is 2.31. The number of amides is 1. The van der Waals surface area contributed by atoms with E-state index >= 15 is 0 Å². The highest BCUT2D eigenvalue weighted by Crippen LogP contribution is 2.47. The topological polar surface area (TPSA) is 114 Å². The number of nitrogens with one attached hydrogen (secondary N) is 2. The zero-order valence-electron chi connectivity index (χ0n) is 22.7. The minimum absolute atomic E-state index is 0.0304. The molecule has 0 bridgehead atoms. The van der Waals surface area contributed by atoms with Crippen LogP contribution >= 0.6 is 7.60 Å². The van der Waals surface area contributed by atoms with Gasteiger partial charge in [0.15, 0.2) is 0 Å². The van der Waals surface area contributed by atoms with E-state index in [1.165, 1.54) is 5.56 Å². The van der Waals surface area contributed by atoms with Gasteiger partial charge in [0.2, 0.25) is 5.91 Å². The lowest BCUT2D eigenvalue weighted by Crippen LogP contribution is -2.46. The van der Waals surface area contributed by atoms with Gasteiger partial charge < -0.3 is 19.5 Å². The smallest absolute Gasteiger partial charge is 0.444 e. The van der Waals surface area contributed by atoms with E-state index in [1.807, 2.05) is 43.3 Å². The van der Waals surface area contributed by atoms with Gasteiger partial charge in [-0.1, -0.05) is 90.5 Å². The van der Waals surface area contributed by atoms with Gasteiger partial charge in [0.25, 0.3) is 0 Å². The third-order valence-corrected chi connectivity index (χ3v) is 7.79. The first kappa shape index (κ1) is 29.6. The van der Waals surface area contributed by atoms with E-state index in [9.17, 15) is 14.2 Å². The molecule has 0 aliphatic heterocycles. The predicted molar refractivity (Wildman–Crippen MR) is 159 cm³/mol. The molecule has 0 fully saturated rings. The van der Waals surface area contributed by atoms with Gasteiger partial charge in [0, 0.05) is 6.54 Å². The summed E-state index contributed by atoms with van der Waals surface area (Å²) in [6.45, 7) is 2.01. The summed E-state index contributed by atoms with van der Waals surface area (Å²) in [6, 6.07) is 32.6. The van der Waals surface area contributed by atoms with Crippen LogP contribution in [0.15, 0.2) is 109 Å². The first-order valence-electron chi connectivity index (χ1n) is 13.3. The fraction of sp³-hybridized carbons (Fsp3) is 0.188. The molecule has 212 valence electrons. The third-order valence-electron chi connectivity index (χ3n) is 6.24. The average molecular weight is 573 g/mol. The van der Waals surface area contributed by atoms with E-state index in [0.29, 0.717) is 11.5 Å². The molecule has 0 spiro atoms. The molecule has 0 heterocycles. The summed E-state index contributed by atoms with van der Waals surface area (Å²) in [5.74, 6) is -0.705. The predicted octanol–water partition coefficient (Wildman–Crippen LogP) is 6.06. The monoisotopic (exact) mass is 572 g/mol. The van der Waals surface area contributed by atoms with Crippen LogP contribution in [0.5, 0.6) is 11.5 Å². The van der Waals surface area contributed by atoms with Crippen LogP contribution in [0.2, 0.25) is 0 Å². The first-order chi connectivity index (χ1) is 19.8. The minimum atomic E-state index is -3.84. The van der Waals surface area contributed by atoms with Crippen molar-refractivity contribution in [3.05, 3.63) is 120 Å². The maximum Gasteiger partial charge on any atom is 0.444 e. The van der Waals surface area contributed by atoms with Crippen LogP contribution in [-0.2, 0) is 20.6 Å². The van der Waals surface area contributed by atoms with Gasteiger partial charge in [-0.05, 0) is 54.3 Å². The van der Waals surface area contributed by atoms with Crippen molar-refractivity contribution in [2.45, 2.75) is 25.8 Å². The van der Waals surface area contributed by atoms with Crippen LogP contribution in [0.4, 0.5) is 0 Å². The molecule has 3 N–H and O–H groups in total. The quantitative estimate of drug-likeness (QED) is 0.157. The molecule has 4 aromatic carbocycles. The summed E-state index contributed by atoms with van der Waals surface area (Å²) in [4.78, 5) is 24.1. The Bertz CT molecular complexity index is 1420. The zero-order chi connectivity index (χ0) is 29.1. The van der Waals surface area contributed by atoms with Crippen molar-refractivity contribution in [3.63, 3.8) is 0 Å². The van der Waals surface area contributed by atoms with Crippen LogP contribution < -0.4 is 19.7 Å². The molecule has 4 rings (SSSR count). The highest BCUT2D eigenvalue weighted by atomic mass is 31.2. The molecule has 1 atom stereocenters. The highest BCUT2D eigenvalue weighted by molar-refractivity contribution is 7.54. The van der Waals surface area contributed by atoms with Crippen LogP contribution in [-0.4, -0.2) is 35.9 Å². The molecule has 41 heavy (non-hydrogen) atoms. The Morgan fingerprint density at radius 3 is 1.80 bits per heavy atom. The molecule has 0 saturated heterocycles. The molecule has 0 aromatic heterocycles. The molecule has 1 amide bonds. The van der Waals surface area contributed by atoms with Crippen molar-refractivity contribution < 1.29 is 28.3 Å². The SMILES string of the molecule is Cc1ccc(-c2ccc(C[C@H](NCP(=O)(Oc3ccccc3)Oc3ccccc3)C(=O)NCCC(=O)O)cc2)cc1. The lowest BCUT2D eigenvalue weighted by Gasteiger charge is -2.24. The van der Waals surface area contributed by atoms with E-state index in [4.69, 9.17) is 14.2 Å². The third kappa shape index (κ3) is 9.34. The Hall–Kier alpha value is -4.39. The number of carbonyl (C=O) groups excluding carboxylic acids is 1. The van der Waals surface area contributed by atoms with Gasteiger partial charge >= 0.3 is 13.6 Å². The van der Waals surface area contributed by atoms with Gasteiger partial charge in [-0.2, -0.15) is 0 Å². The van der Waals surface area contributed by atoms with Crippen molar-refractivity contribution in [2.75, 3.05) is 12.8 Å². The van der Waals surface area contributed by atoms with E-state index in [0.717, 1.165) is 16.7 Å². The van der Waals surface area contributed by atoms with E-state index in [2.05, 4.69) is 34.9 Å². The minimum Gasteiger partial charge on any atom is -0.481 e. The summed E-state index contributed by atoms with van der Waals surface area (Å²) in [7, 11) is -3.84. The number of aryl methyl sites for hydroxylation is 1. The van der Waals surface area contributed by atoms with Crippen LogP contribution in [0.3, 0.4) is 0 Å². The first-order valence-corrected chi connectivity index (χ1v) is 15.0. The molecule has 0 unspecified atom stereocenters. The molecular weight excluding hydrogens is 539 g/mol. The standard InChI is InChI=1S/C32H33N2O6P/c1-24-12-16-26(17-13-24)27-18-14-25(15-19-27)22-30(32(37)33-21-20-31(35)36)34-23-41(38,39-28-8-4-2-5-9-28)40-29-10-6-3-7-11-29/h2-19,30,34H,20-23H2,1H3,(H,33,37)(H,35,36)/t30-/m0/s1. The molecule has 0 aliphatic carbocycles. The second kappa shape index (κ2) is 14.3. The van der Waals surface area contributed by atoms with E-state index in [-0.39, 0.29) is 25.7 Å². The Balaban J connectivity index is 1.52. The lowest BCUT2D eigenvalue weighted by molar-refractivity contribution is -0.137. The van der Waals surface area contributed by atoms with Gasteiger partial charge in [0.05, 0.1) is 12.5 Å². The van der Waals surface area contributed by atoms with Crippen LogP contribution in [0.1, 0.15) is 17.5 Å². The summed E-state index contributed by atoms with van der Waals surface area (Å²) in [5, 5.41) is 14.7. The van der Waals surface area contributed by atoms with E-state index in [1.54, 1.807) is 48.5 Å². The largest absolute Gasteiger partial charge is 0.481 e.